The van der Waals surface area contributed by atoms with Crippen molar-refractivity contribution < 1.29 is 18.8 Å². The van der Waals surface area contributed by atoms with Crippen LogP contribution in [0.4, 0.5) is 5.69 Å². The molecule has 4 rings (SSSR count). The van der Waals surface area contributed by atoms with Crippen molar-refractivity contribution in [2.24, 2.45) is 5.92 Å². The van der Waals surface area contributed by atoms with E-state index in [0.717, 1.165) is 11.4 Å². The fourth-order valence-corrected chi connectivity index (χ4v) is 3.68. The van der Waals surface area contributed by atoms with Gasteiger partial charge in [0.2, 0.25) is 11.8 Å². The van der Waals surface area contributed by atoms with Crippen LogP contribution in [-0.2, 0) is 16.1 Å². The number of carbonyl (C=O) groups is 3. The number of nitrogens with one attached hydrogen (secondary N) is 2. The molecule has 1 saturated heterocycles. The number of benzene rings is 1. The maximum Gasteiger partial charge on any atom is 0.270 e. The summed E-state index contributed by atoms with van der Waals surface area (Å²) in [6.45, 7) is 4.49. The van der Waals surface area contributed by atoms with E-state index in [1.807, 2.05) is 26.0 Å². The molecule has 1 fully saturated rings. The summed E-state index contributed by atoms with van der Waals surface area (Å²) in [5.74, 6) is -0.377. The molecule has 160 valence electrons. The van der Waals surface area contributed by atoms with Gasteiger partial charge in [0.25, 0.3) is 5.91 Å². The Balaban J connectivity index is 1.39. The fraction of sp³-hybridized carbons (Fsp3) is 0.261. The van der Waals surface area contributed by atoms with Crippen molar-refractivity contribution in [1.29, 1.82) is 0 Å². The third-order valence-corrected chi connectivity index (χ3v) is 5.39. The zero-order valence-electron chi connectivity index (χ0n) is 17.4. The Hall–Kier alpha value is -3.81. The van der Waals surface area contributed by atoms with Gasteiger partial charge in [0.1, 0.15) is 5.76 Å². The number of likely N-dealkylation sites (tertiary alicyclic amines) is 1. The van der Waals surface area contributed by atoms with Crippen molar-refractivity contribution in [3.05, 3.63) is 77.5 Å². The van der Waals surface area contributed by atoms with Gasteiger partial charge < -0.3 is 14.6 Å². The Labute approximate surface area is 179 Å². The van der Waals surface area contributed by atoms with Gasteiger partial charge >= 0.3 is 0 Å². The highest BCUT2D eigenvalue weighted by Crippen LogP contribution is 2.22. The fourth-order valence-electron chi connectivity index (χ4n) is 3.68. The van der Waals surface area contributed by atoms with E-state index >= 15 is 0 Å². The molecule has 3 aromatic rings. The molecular formula is C23H24N4O4. The van der Waals surface area contributed by atoms with Crippen LogP contribution in [0, 0.1) is 19.8 Å². The van der Waals surface area contributed by atoms with Crippen LogP contribution in [0.1, 0.15) is 33.9 Å². The lowest BCUT2D eigenvalue weighted by Gasteiger charge is -2.15. The predicted molar refractivity (Wildman–Crippen MR) is 115 cm³/mol. The van der Waals surface area contributed by atoms with Gasteiger partial charge in [-0.2, -0.15) is 0 Å². The lowest BCUT2D eigenvalue weighted by atomic mass is 10.1. The summed E-state index contributed by atoms with van der Waals surface area (Å²) in [4.78, 5) is 39.2. The third-order valence-electron chi connectivity index (χ3n) is 5.39. The zero-order chi connectivity index (χ0) is 22.0. The second kappa shape index (κ2) is 8.51. The van der Waals surface area contributed by atoms with Crippen LogP contribution >= 0.6 is 0 Å². The van der Waals surface area contributed by atoms with Crippen LogP contribution in [-0.4, -0.2) is 33.8 Å². The Morgan fingerprint density at radius 1 is 1.10 bits per heavy atom. The quantitative estimate of drug-likeness (QED) is 0.641. The minimum absolute atomic E-state index is 0.0814. The summed E-state index contributed by atoms with van der Waals surface area (Å²) in [7, 11) is 0. The first kappa shape index (κ1) is 20.5. The van der Waals surface area contributed by atoms with Crippen LogP contribution < -0.4 is 10.7 Å². The van der Waals surface area contributed by atoms with E-state index in [4.69, 9.17) is 4.42 Å². The van der Waals surface area contributed by atoms with Crippen LogP contribution in [0.3, 0.4) is 0 Å². The lowest BCUT2D eigenvalue weighted by molar-refractivity contribution is -0.128. The van der Waals surface area contributed by atoms with Crippen molar-refractivity contribution in [3.63, 3.8) is 0 Å². The molecule has 31 heavy (non-hydrogen) atoms. The number of furan rings is 1. The van der Waals surface area contributed by atoms with Gasteiger partial charge in [-0.3, -0.25) is 24.5 Å². The van der Waals surface area contributed by atoms with E-state index in [-0.39, 0.29) is 24.1 Å². The normalized spacial score (nSPS) is 15.9. The Morgan fingerprint density at radius 2 is 1.87 bits per heavy atom. The maximum absolute atomic E-state index is 12.7. The lowest BCUT2D eigenvalue weighted by Crippen LogP contribution is -2.28. The van der Waals surface area contributed by atoms with Crippen molar-refractivity contribution in [2.75, 3.05) is 17.3 Å². The SMILES string of the molecule is Cc1ccc(C)n1NC(=O)c1cccc(NC(=O)[C@H]2CC(=O)N(Cc3ccco3)C2)c1. The van der Waals surface area contributed by atoms with Gasteiger partial charge in [-0.25, -0.2) is 0 Å². The van der Waals surface area contributed by atoms with Crippen LogP contribution in [0.25, 0.3) is 0 Å². The van der Waals surface area contributed by atoms with Crippen molar-refractivity contribution in [2.45, 2.75) is 26.8 Å². The first-order chi connectivity index (χ1) is 14.9. The molecule has 1 aliphatic heterocycles. The molecule has 0 aliphatic carbocycles. The van der Waals surface area contributed by atoms with Crippen molar-refractivity contribution in [3.8, 4) is 0 Å². The summed E-state index contributed by atoms with van der Waals surface area (Å²) >= 11 is 0. The van der Waals surface area contributed by atoms with Crippen molar-refractivity contribution in [1.82, 2.24) is 9.58 Å². The Morgan fingerprint density at radius 3 is 2.58 bits per heavy atom. The maximum atomic E-state index is 12.7. The number of anilines is 1. The van der Waals surface area contributed by atoms with E-state index in [2.05, 4.69) is 10.7 Å². The molecule has 1 aliphatic rings. The molecule has 0 radical (unpaired) electrons. The van der Waals surface area contributed by atoms with E-state index in [1.54, 1.807) is 52.2 Å². The molecule has 0 unspecified atom stereocenters. The second-order valence-corrected chi connectivity index (χ2v) is 7.72. The predicted octanol–water partition coefficient (Wildman–Crippen LogP) is 3.07. The average Bonchev–Trinajstić information content (AvgIpc) is 3.47. The molecule has 8 nitrogen and oxygen atoms in total. The molecular weight excluding hydrogens is 396 g/mol. The third kappa shape index (κ3) is 4.53. The van der Waals surface area contributed by atoms with Gasteiger partial charge in [-0.1, -0.05) is 6.07 Å². The Kier molecular flexibility index (Phi) is 5.62. The Bertz CT molecular complexity index is 1100. The van der Waals surface area contributed by atoms with E-state index in [0.29, 0.717) is 30.1 Å². The van der Waals surface area contributed by atoms with Gasteiger partial charge in [-0.15, -0.1) is 0 Å². The van der Waals surface area contributed by atoms with E-state index in [1.165, 1.54) is 0 Å². The van der Waals surface area contributed by atoms with Gasteiger partial charge in [0, 0.05) is 35.6 Å². The second-order valence-electron chi connectivity index (χ2n) is 7.72. The smallest absolute Gasteiger partial charge is 0.270 e. The molecule has 2 aromatic heterocycles. The molecule has 8 heteroatoms. The van der Waals surface area contributed by atoms with E-state index in [9.17, 15) is 14.4 Å². The highest BCUT2D eigenvalue weighted by molar-refractivity contribution is 6.02. The number of hydrogen-bond acceptors (Lipinski definition) is 4. The summed E-state index contributed by atoms with van der Waals surface area (Å²) < 4.78 is 7.00. The standard InChI is InChI=1S/C23H24N4O4/c1-15-8-9-16(2)27(15)25-23(30)17-5-3-6-19(11-17)24-22(29)18-12-21(28)26(13-18)14-20-7-4-10-31-20/h3-11,18H,12-14H2,1-2H3,(H,24,29)(H,25,30)/t18-/m0/s1. The number of carbonyl (C=O) groups excluding carboxylic acids is 3. The monoisotopic (exact) mass is 420 g/mol. The molecule has 1 aromatic carbocycles. The summed E-state index contributed by atoms with van der Waals surface area (Å²) in [6.07, 6.45) is 1.71. The number of amides is 3. The molecule has 3 heterocycles. The average molecular weight is 420 g/mol. The van der Waals surface area contributed by atoms with Crippen LogP contribution in [0.15, 0.2) is 59.2 Å². The molecule has 0 bridgehead atoms. The summed E-state index contributed by atoms with van der Waals surface area (Å²) in [5.41, 5.74) is 5.61. The largest absolute Gasteiger partial charge is 0.467 e. The van der Waals surface area contributed by atoms with Crippen LogP contribution in [0.2, 0.25) is 0 Å². The van der Waals surface area contributed by atoms with Crippen LogP contribution in [0.5, 0.6) is 0 Å². The number of rotatable bonds is 6. The highest BCUT2D eigenvalue weighted by atomic mass is 16.3. The van der Waals surface area contributed by atoms with Gasteiger partial charge in [0.05, 0.1) is 18.7 Å². The number of aromatic nitrogens is 1. The molecule has 3 amide bonds. The van der Waals surface area contributed by atoms with Crippen molar-refractivity contribution >= 4 is 23.4 Å². The first-order valence-electron chi connectivity index (χ1n) is 10.1. The molecule has 0 spiro atoms. The van der Waals surface area contributed by atoms with E-state index < -0.39 is 5.92 Å². The minimum Gasteiger partial charge on any atom is -0.467 e. The topological polar surface area (TPSA) is 96.6 Å². The number of hydrogen-bond donors (Lipinski definition) is 2. The number of nitrogens with zero attached hydrogens (tertiary/aromatic N) is 2. The minimum atomic E-state index is -0.454. The van der Waals surface area contributed by atoms with Gasteiger partial charge in [0.15, 0.2) is 0 Å². The molecule has 0 saturated carbocycles. The summed E-state index contributed by atoms with van der Waals surface area (Å²) in [6, 6.07) is 14.1. The first-order valence-corrected chi connectivity index (χ1v) is 10.1. The highest BCUT2D eigenvalue weighted by Gasteiger charge is 2.34. The molecule has 2 N–H and O–H groups in total. The molecule has 1 atom stereocenters. The van der Waals surface area contributed by atoms with Gasteiger partial charge in [-0.05, 0) is 56.3 Å². The summed E-state index contributed by atoms with van der Waals surface area (Å²) in [5, 5.41) is 2.83. The number of aryl methyl sites for hydroxylation is 2. The zero-order valence-corrected chi connectivity index (χ0v) is 17.4.